The molecule has 6 heteroatoms. The van der Waals surface area contributed by atoms with Gasteiger partial charge in [-0.05, 0) is 29.8 Å². The lowest BCUT2D eigenvalue weighted by molar-refractivity contribution is -0.120. The van der Waals surface area contributed by atoms with Crippen LogP contribution in [0.25, 0.3) is 0 Å². The minimum atomic E-state index is -0.273. The van der Waals surface area contributed by atoms with Gasteiger partial charge >= 0.3 is 0 Å². The fourth-order valence-corrected chi connectivity index (χ4v) is 2.31. The zero-order chi connectivity index (χ0) is 16.8. The van der Waals surface area contributed by atoms with E-state index >= 15 is 0 Å². The van der Waals surface area contributed by atoms with Gasteiger partial charge in [-0.1, -0.05) is 24.3 Å². The van der Waals surface area contributed by atoms with Crippen LogP contribution in [0.4, 0.5) is 0 Å². The zero-order valence-electron chi connectivity index (χ0n) is 13.1. The van der Waals surface area contributed by atoms with Gasteiger partial charge in [-0.2, -0.15) is 0 Å². The maximum atomic E-state index is 11.9. The summed E-state index contributed by atoms with van der Waals surface area (Å²) in [6.07, 6.45) is 0. The van der Waals surface area contributed by atoms with Crippen molar-refractivity contribution in [1.29, 1.82) is 0 Å². The molecule has 2 amide bonds. The van der Waals surface area contributed by atoms with Crippen molar-refractivity contribution in [2.24, 2.45) is 0 Å². The van der Waals surface area contributed by atoms with E-state index in [1.807, 2.05) is 24.3 Å². The topological polar surface area (TPSA) is 76.7 Å². The highest BCUT2D eigenvalue weighted by molar-refractivity contribution is 5.96. The molecule has 1 aliphatic rings. The van der Waals surface area contributed by atoms with Gasteiger partial charge in [0, 0.05) is 12.1 Å². The molecule has 0 unspecified atom stereocenters. The summed E-state index contributed by atoms with van der Waals surface area (Å²) in [7, 11) is 0. The molecule has 3 rings (SSSR count). The maximum absolute atomic E-state index is 11.9. The number of nitrogens with one attached hydrogen (secondary N) is 2. The van der Waals surface area contributed by atoms with E-state index in [-0.39, 0.29) is 18.4 Å². The Morgan fingerprint density at radius 1 is 0.917 bits per heavy atom. The Morgan fingerprint density at radius 2 is 1.67 bits per heavy atom. The molecule has 0 radical (unpaired) electrons. The van der Waals surface area contributed by atoms with Gasteiger partial charge in [-0.15, -0.1) is 0 Å². The molecule has 0 fully saturated rings. The SMILES string of the molecule is O=C(CNC(=O)c1ccccc1)NCc1ccc2c(c1)OCCO2. The molecule has 0 bridgehead atoms. The Balaban J connectivity index is 1.46. The minimum absolute atomic E-state index is 0.0712. The molecule has 2 aromatic carbocycles. The van der Waals surface area contributed by atoms with Crippen LogP contribution in [0.15, 0.2) is 48.5 Å². The van der Waals surface area contributed by atoms with Crippen LogP contribution in [0.3, 0.4) is 0 Å². The third kappa shape index (κ3) is 4.04. The quantitative estimate of drug-likeness (QED) is 0.873. The van der Waals surface area contributed by atoms with E-state index in [9.17, 15) is 9.59 Å². The first-order chi connectivity index (χ1) is 11.7. The Hall–Kier alpha value is -3.02. The summed E-state index contributed by atoms with van der Waals surface area (Å²) in [4.78, 5) is 23.7. The molecular formula is C18H18N2O4. The number of carbonyl (C=O) groups excluding carboxylic acids is 2. The number of amides is 2. The van der Waals surface area contributed by atoms with Gasteiger partial charge in [0.1, 0.15) is 13.2 Å². The Bertz CT molecular complexity index is 731. The maximum Gasteiger partial charge on any atom is 0.251 e. The molecule has 0 aromatic heterocycles. The zero-order valence-corrected chi connectivity index (χ0v) is 13.1. The van der Waals surface area contributed by atoms with Crippen molar-refractivity contribution in [2.45, 2.75) is 6.54 Å². The van der Waals surface area contributed by atoms with E-state index in [1.165, 1.54) is 0 Å². The second kappa shape index (κ2) is 7.50. The fraction of sp³-hybridized carbons (Fsp3) is 0.222. The third-order valence-electron chi connectivity index (χ3n) is 3.54. The fourth-order valence-electron chi connectivity index (χ4n) is 2.31. The molecule has 24 heavy (non-hydrogen) atoms. The third-order valence-corrected chi connectivity index (χ3v) is 3.54. The number of carbonyl (C=O) groups is 2. The summed E-state index contributed by atoms with van der Waals surface area (Å²) >= 11 is 0. The number of ether oxygens (including phenoxy) is 2. The van der Waals surface area contributed by atoms with Crippen LogP contribution in [-0.4, -0.2) is 31.6 Å². The number of benzene rings is 2. The van der Waals surface area contributed by atoms with Crippen LogP contribution in [0.5, 0.6) is 11.5 Å². The summed E-state index contributed by atoms with van der Waals surface area (Å²) in [5, 5.41) is 5.35. The minimum Gasteiger partial charge on any atom is -0.486 e. The summed E-state index contributed by atoms with van der Waals surface area (Å²) in [5.74, 6) is 0.871. The highest BCUT2D eigenvalue weighted by Gasteiger charge is 2.12. The normalized spacial score (nSPS) is 12.3. The second-order valence-electron chi connectivity index (χ2n) is 5.30. The van der Waals surface area contributed by atoms with Crippen molar-refractivity contribution in [2.75, 3.05) is 19.8 Å². The number of rotatable bonds is 5. The first kappa shape index (κ1) is 15.9. The monoisotopic (exact) mass is 326 g/mol. The van der Waals surface area contributed by atoms with Crippen LogP contribution in [-0.2, 0) is 11.3 Å². The number of hydrogen-bond acceptors (Lipinski definition) is 4. The molecule has 1 heterocycles. The lowest BCUT2D eigenvalue weighted by Crippen LogP contribution is -2.36. The summed E-state index contributed by atoms with van der Waals surface area (Å²) in [6.45, 7) is 1.35. The summed E-state index contributed by atoms with van der Waals surface area (Å²) in [5.41, 5.74) is 1.43. The summed E-state index contributed by atoms with van der Waals surface area (Å²) < 4.78 is 11.0. The van der Waals surface area contributed by atoms with E-state index < -0.39 is 0 Å². The van der Waals surface area contributed by atoms with Crippen molar-refractivity contribution < 1.29 is 19.1 Å². The van der Waals surface area contributed by atoms with Gasteiger partial charge in [0.2, 0.25) is 5.91 Å². The first-order valence-corrected chi connectivity index (χ1v) is 7.71. The van der Waals surface area contributed by atoms with Gasteiger partial charge in [-0.3, -0.25) is 9.59 Å². The van der Waals surface area contributed by atoms with Crippen molar-refractivity contribution in [3.8, 4) is 11.5 Å². The number of hydrogen-bond donors (Lipinski definition) is 2. The number of fused-ring (bicyclic) bond motifs is 1. The molecule has 0 saturated heterocycles. The smallest absolute Gasteiger partial charge is 0.251 e. The van der Waals surface area contributed by atoms with Crippen LogP contribution in [0.1, 0.15) is 15.9 Å². The van der Waals surface area contributed by atoms with Gasteiger partial charge in [-0.25, -0.2) is 0 Å². The molecule has 6 nitrogen and oxygen atoms in total. The van der Waals surface area contributed by atoms with Gasteiger partial charge in [0.25, 0.3) is 5.91 Å². The Labute approximate surface area is 139 Å². The van der Waals surface area contributed by atoms with Gasteiger partial charge in [0.05, 0.1) is 6.54 Å². The van der Waals surface area contributed by atoms with Gasteiger partial charge in [0.15, 0.2) is 11.5 Å². The predicted molar refractivity (Wildman–Crippen MR) is 88.1 cm³/mol. The van der Waals surface area contributed by atoms with E-state index in [0.29, 0.717) is 36.8 Å². The Morgan fingerprint density at radius 3 is 2.46 bits per heavy atom. The van der Waals surface area contributed by atoms with E-state index in [0.717, 1.165) is 5.56 Å². The van der Waals surface area contributed by atoms with Crippen molar-refractivity contribution >= 4 is 11.8 Å². The molecule has 0 saturated carbocycles. The van der Waals surface area contributed by atoms with E-state index in [4.69, 9.17) is 9.47 Å². The average molecular weight is 326 g/mol. The van der Waals surface area contributed by atoms with Crippen molar-refractivity contribution in [1.82, 2.24) is 10.6 Å². The lowest BCUT2D eigenvalue weighted by Gasteiger charge is -2.19. The van der Waals surface area contributed by atoms with Crippen molar-refractivity contribution in [3.63, 3.8) is 0 Å². The van der Waals surface area contributed by atoms with Crippen LogP contribution < -0.4 is 20.1 Å². The molecule has 124 valence electrons. The standard InChI is InChI=1S/C18H18N2O4/c21-17(12-20-18(22)14-4-2-1-3-5-14)19-11-13-6-7-15-16(10-13)24-9-8-23-15/h1-7,10H,8-9,11-12H2,(H,19,21)(H,20,22). The average Bonchev–Trinajstić information content (AvgIpc) is 2.65. The highest BCUT2D eigenvalue weighted by Crippen LogP contribution is 2.30. The van der Waals surface area contributed by atoms with Crippen molar-refractivity contribution in [3.05, 3.63) is 59.7 Å². The Kier molecular flexibility index (Phi) is 4.96. The van der Waals surface area contributed by atoms with Crippen LogP contribution in [0, 0.1) is 0 Å². The molecular weight excluding hydrogens is 308 g/mol. The van der Waals surface area contributed by atoms with Gasteiger partial charge < -0.3 is 20.1 Å². The van der Waals surface area contributed by atoms with E-state index in [2.05, 4.69) is 10.6 Å². The molecule has 0 aliphatic carbocycles. The molecule has 2 N–H and O–H groups in total. The largest absolute Gasteiger partial charge is 0.486 e. The molecule has 2 aromatic rings. The van der Waals surface area contributed by atoms with E-state index in [1.54, 1.807) is 24.3 Å². The predicted octanol–water partition coefficient (Wildman–Crippen LogP) is 1.50. The second-order valence-corrected chi connectivity index (χ2v) is 5.30. The highest BCUT2D eigenvalue weighted by atomic mass is 16.6. The van der Waals surface area contributed by atoms with Crippen LogP contribution >= 0.6 is 0 Å². The molecule has 0 spiro atoms. The summed E-state index contributed by atoms with van der Waals surface area (Å²) in [6, 6.07) is 14.3. The molecule has 0 atom stereocenters. The molecule has 1 aliphatic heterocycles. The van der Waals surface area contributed by atoms with Crippen LogP contribution in [0.2, 0.25) is 0 Å². The lowest BCUT2D eigenvalue weighted by atomic mass is 10.2. The first-order valence-electron chi connectivity index (χ1n) is 7.71.